The number of carbonyl (C=O) groups excluding carboxylic acids is 2. The van der Waals surface area contributed by atoms with Crippen molar-refractivity contribution in [2.24, 2.45) is 11.8 Å². The number of methoxy groups -OCH3 is 2. The Morgan fingerprint density at radius 2 is 1.90 bits per heavy atom. The molecule has 232 valence electrons. The van der Waals surface area contributed by atoms with Crippen molar-refractivity contribution in [2.45, 2.75) is 71.9 Å². The molecule has 0 aliphatic carbocycles. The van der Waals surface area contributed by atoms with Gasteiger partial charge in [0, 0.05) is 50.8 Å². The number of nitrogens with one attached hydrogen (secondary N) is 2. The van der Waals surface area contributed by atoms with Crippen LogP contribution in [-0.2, 0) is 30.2 Å². The Kier molecular flexibility index (Phi) is 13.3. The second-order valence-electron chi connectivity index (χ2n) is 10.8. The summed E-state index contributed by atoms with van der Waals surface area (Å²) in [6.45, 7) is 12.6. The number of phenolic OH excluding ortho intramolecular Hbond substituents is 2. The number of ether oxygens (including phenoxy) is 3. The van der Waals surface area contributed by atoms with Gasteiger partial charge in [0.1, 0.15) is 17.6 Å². The number of hydrogen-bond acceptors (Lipinski definition) is 9. The summed E-state index contributed by atoms with van der Waals surface area (Å²) >= 11 is 0. The molecule has 2 rings (SSSR count). The Balaban J connectivity index is 2.67. The zero-order chi connectivity index (χ0) is 31.6. The number of fused-ring (bicyclic) bond motifs is 2. The van der Waals surface area contributed by atoms with Gasteiger partial charge in [-0.3, -0.25) is 9.59 Å². The SMILES string of the molecule is C=CCNc1c(O)cc2c(O)c1C[C@@H](C)C[C@H](OC)[C@H](O)[C@@H](C)/C=C(\C)[C@H](OC(C)=O)C(OC)/C=C\C=C(/C)C(=O)N2. The molecule has 0 radical (unpaired) electrons. The largest absolute Gasteiger partial charge is 0.506 e. The molecule has 2 bridgehead atoms. The van der Waals surface area contributed by atoms with Crippen LogP contribution in [0.2, 0.25) is 0 Å². The Bertz CT molecular complexity index is 1210. The van der Waals surface area contributed by atoms with Crippen LogP contribution in [0.3, 0.4) is 0 Å². The van der Waals surface area contributed by atoms with Crippen LogP contribution in [0.4, 0.5) is 11.4 Å². The Hall–Kier alpha value is -3.60. The highest BCUT2D eigenvalue weighted by atomic mass is 16.6. The molecule has 5 N–H and O–H groups in total. The van der Waals surface area contributed by atoms with Crippen LogP contribution < -0.4 is 10.6 Å². The zero-order valence-electron chi connectivity index (χ0n) is 25.6. The molecule has 42 heavy (non-hydrogen) atoms. The van der Waals surface area contributed by atoms with Crippen LogP contribution in [0.1, 0.15) is 46.6 Å². The predicted molar refractivity (Wildman–Crippen MR) is 164 cm³/mol. The van der Waals surface area contributed by atoms with Crippen molar-refractivity contribution in [3.8, 4) is 11.5 Å². The van der Waals surface area contributed by atoms with Gasteiger partial charge in [-0.25, -0.2) is 0 Å². The maximum absolute atomic E-state index is 13.0. The number of aromatic hydroxyl groups is 2. The third-order valence-electron chi connectivity index (χ3n) is 7.30. The number of rotatable bonds is 6. The van der Waals surface area contributed by atoms with E-state index in [0.29, 0.717) is 41.8 Å². The molecule has 10 heteroatoms. The summed E-state index contributed by atoms with van der Waals surface area (Å²) in [5, 5.41) is 39.1. The van der Waals surface area contributed by atoms with Gasteiger partial charge in [-0.2, -0.15) is 0 Å². The highest BCUT2D eigenvalue weighted by molar-refractivity contribution is 6.04. The van der Waals surface area contributed by atoms with Crippen molar-refractivity contribution in [3.63, 3.8) is 0 Å². The first kappa shape index (κ1) is 34.6. The lowest BCUT2D eigenvalue weighted by Gasteiger charge is -2.30. The van der Waals surface area contributed by atoms with Gasteiger partial charge in [-0.15, -0.1) is 6.58 Å². The first-order chi connectivity index (χ1) is 19.8. The minimum Gasteiger partial charge on any atom is -0.506 e. The molecule has 1 heterocycles. The molecule has 6 atom stereocenters. The van der Waals surface area contributed by atoms with Crippen LogP contribution in [-0.4, -0.2) is 72.4 Å². The molecule has 1 aromatic rings. The summed E-state index contributed by atoms with van der Waals surface area (Å²) in [5.41, 5.74) is 1.81. The molecule has 0 saturated heterocycles. The number of benzene rings is 1. The molecule has 1 aliphatic heterocycles. The molecule has 1 unspecified atom stereocenters. The number of allylic oxidation sites excluding steroid dienone is 2. The summed E-state index contributed by atoms with van der Waals surface area (Å²) in [5.74, 6) is -1.80. The molecule has 0 saturated carbocycles. The van der Waals surface area contributed by atoms with Gasteiger partial charge >= 0.3 is 5.97 Å². The fourth-order valence-electron chi connectivity index (χ4n) is 5.04. The maximum Gasteiger partial charge on any atom is 0.303 e. The van der Waals surface area contributed by atoms with Crippen molar-refractivity contribution in [1.82, 2.24) is 0 Å². The van der Waals surface area contributed by atoms with E-state index in [1.807, 2.05) is 19.9 Å². The second kappa shape index (κ2) is 16.1. The molecule has 1 aliphatic rings. The normalized spacial score (nSPS) is 29.3. The lowest BCUT2D eigenvalue weighted by Crippen LogP contribution is -2.36. The van der Waals surface area contributed by atoms with E-state index in [0.717, 1.165) is 0 Å². The summed E-state index contributed by atoms with van der Waals surface area (Å²) in [4.78, 5) is 25.0. The van der Waals surface area contributed by atoms with Gasteiger partial charge in [0.2, 0.25) is 0 Å². The van der Waals surface area contributed by atoms with E-state index in [4.69, 9.17) is 14.2 Å². The second-order valence-corrected chi connectivity index (χ2v) is 10.8. The number of esters is 1. The highest BCUT2D eigenvalue weighted by Crippen LogP contribution is 2.42. The van der Waals surface area contributed by atoms with E-state index < -0.39 is 36.3 Å². The fraction of sp³-hybridized carbons (Fsp3) is 0.500. The number of hydrogen-bond donors (Lipinski definition) is 5. The number of phenols is 2. The van der Waals surface area contributed by atoms with Crippen molar-refractivity contribution >= 4 is 23.3 Å². The lowest BCUT2D eigenvalue weighted by atomic mass is 9.87. The number of aliphatic hydroxyl groups is 1. The number of aliphatic hydroxyl groups excluding tert-OH is 1. The van der Waals surface area contributed by atoms with Gasteiger partial charge in [0.25, 0.3) is 5.91 Å². The molecule has 0 fully saturated rings. The van der Waals surface area contributed by atoms with Gasteiger partial charge in [0.15, 0.2) is 6.10 Å². The van der Waals surface area contributed by atoms with Crippen LogP contribution in [0.5, 0.6) is 11.5 Å². The third kappa shape index (κ3) is 9.20. The lowest BCUT2D eigenvalue weighted by molar-refractivity contribution is -0.149. The molecule has 0 spiro atoms. The molecule has 10 nitrogen and oxygen atoms in total. The van der Waals surface area contributed by atoms with Crippen LogP contribution in [0, 0.1) is 11.8 Å². The standard InChI is InChI=1S/C32H46N2O8/c1-9-13-33-28-23-14-18(2)15-27(41-8)29(37)20(4)16-21(5)31(42-22(6)35)26(40-7)12-10-11-19(3)32(39)34-24(30(23)38)17-25(28)36/h9-12,16-18,20,26-27,29,31,33,36-38H,1,13-15H2,2-8H3,(H,34,39)/b12-10-,19-11+,21-16+/t18-,20+,26?,27+,29-,31+/m1/s1. The van der Waals surface area contributed by atoms with E-state index in [1.54, 1.807) is 38.2 Å². The molecule has 0 aromatic heterocycles. The third-order valence-corrected chi connectivity index (χ3v) is 7.30. The fourth-order valence-corrected chi connectivity index (χ4v) is 5.04. The number of carbonyl (C=O) groups is 2. The molecule has 1 aromatic carbocycles. The minimum atomic E-state index is -0.902. The van der Waals surface area contributed by atoms with Crippen LogP contribution in [0.15, 0.2) is 54.2 Å². The van der Waals surface area contributed by atoms with E-state index in [1.165, 1.54) is 27.2 Å². The van der Waals surface area contributed by atoms with E-state index in [2.05, 4.69) is 17.2 Å². The van der Waals surface area contributed by atoms with E-state index in [9.17, 15) is 24.9 Å². The average molecular weight is 587 g/mol. The Morgan fingerprint density at radius 3 is 2.50 bits per heavy atom. The zero-order valence-corrected chi connectivity index (χ0v) is 25.6. The van der Waals surface area contributed by atoms with Crippen molar-refractivity contribution < 1.29 is 39.1 Å². The smallest absolute Gasteiger partial charge is 0.303 e. The number of amides is 1. The summed E-state index contributed by atoms with van der Waals surface area (Å²) in [6.07, 6.45) is 6.11. The molecular weight excluding hydrogens is 540 g/mol. The maximum atomic E-state index is 13.0. The first-order valence-corrected chi connectivity index (χ1v) is 14.0. The summed E-state index contributed by atoms with van der Waals surface area (Å²) < 4.78 is 16.9. The van der Waals surface area contributed by atoms with Crippen molar-refractivity contribution in [3.05, 3.63) is 59.7 Å². The number of anilines is 2. The van der Waals surface area contributed by atoms with Gasteiger partial charge in [-0.05, 0) is 38.2 Å². The molecule has 1 amide bonds. The predicted octanol–water partition coefficient (Wildman–Crippen LogP) is 4.62. The molecular formula is C32H46N2O8. The van der Waals surface area contributed by atoms with Crippen LogP contribution >= 0.6 is 0 Å². The Labute approximate surface area is 248 Å². The Morgan fingerprint density at radius 1 is 1.21 bits per heavy atom. The van der Waals surface area contributed by atoms with Crippen molar-refractivity contribution in [2.75, 3.05) is 31.4 Å². The quantitative estimate of drug-likeness (QED) is 0.139. The van der Waals surface area contributed by atoms with Crippen molar-refractivity contribution in [1.29, 1.82) is 0 Å². The monoisotopic (exact) mass is 586 g/mol. The summed E-state index contributed by atoms with van der Waals surface area (Å²) in [7, 11) is 3.01. The van der Waals surface area contributed by atoms with E-state index in [-0.39, 0.29) is 29.0 Å². The highest BCUT2D eigenvalue weighted by Gasteiger charge is 2.30. The van der Waals surface area contributed by atoms with Gasteiger partial charge in [0.05, 0.1) is 23.6 Å². The average Bonchev–Trinajstić information content (AvgIpc) is 2.94. The topological polar surface area (TPSA) is 147 Å². The minimum absolute atomic E-state index is 0.0555. The van der Waals surface area contributed by atoms with Crippen LogP contribution in [0.25, 0.3) is 0 Å². The van der Waals surface area contributed by atoms with Gasteiger partial charge < -0.3 is 40.2 Å². The summed E-state index contributed by atoms with van der Waals surface area (Å²) in [6, 6.07) is 1.29. The van der Waals surface area contributed by atoms with E-state index >= 15 is 0 Å². The van der Waals surface area contributed by atoms with Gasteiger partial charge in [-0.1, -0.05) is 44.2 Å². The first-order valence-electron chi connectivity index (χ1n) is 14.0.